The van der Waals surface area contributed by atoms with Crippen molar-refractivity contribution in [2.75, 3.05) is 6.54 Å². The van der Waals surface area contributed by atoms with Gasteiger partial charge >= 0.3 is 0 Å². The van der Waals surface area contributed by atoms with Gasteiger partial charge in [-0.3, -0.25) is 9.48 Å². The van der Waals surface area contributed by atoms with Crippen LogP contribution < -0.4 is 4.74 Å². The van der Waals surface area contributed by atoms with Gasteiger partial charge in [0.1, 0.15) is 5.75 Å². The van der Waals surface area contributed by atoms with Gasteiger partial charge in [-0.25, -0.2) is 0 Å². The summed E-state index contributed by atoms with van der Waals surface area (Å²) in [6.07, 6.45) is 6.24. The fourth-order valence-electron chi connectivity index (χ4n) is 3.20. The highest BCUT2D eigenvalue weighted by molar-refractivity contribution is 5.81. The van der Waals surface area contributed by atoms with Crippen molar-refractivity contribution in [3.05, 3.63) is 48.3 Å². The predicted octanol–water partition coefficient (Wildman–Crippen LogP) is 2.60. The van der Waals surface area contributed by atoms with Crippen LogP contribution in [0.2, 0.25) is 0 Å². The molecule has 0 unspecified atom stereocenters. The third-order valence-corrected chi connectivity index (χ3v) is 4.51. The van der Waals surface area contributed by atoms with E-state index in [0.717, 1.165) is 25.8 Å². The SMILES string of the molecule is C[C@H](Oc1ccc(C#N)cc1)C(=O)N1CCCC[C@H]1Cn1cccn1. The summed E-state index contributed by atoms with van der Waals surface area (Å²) >= 11 is 0. The normalized spacial score (nSPS) is 18.4. The maximum absolute atomic E-state index is 12.9. The highest BCUT2D eigenvalue weighted by atomic mass is 16.5. The molecule has 0 bridgehead atoms. The number of benzene rings is 1. The summed E-state index contributed by atoms with van der Waals surface area (Å²) in [4.78, 5) is 14.8. The molecule has 1 aliphatic rings. The first-order chi connectivity index (χ1) is 12.2. The third-order valence-electron chi connectivity index (χ3n) is 4.51. The minimum absolute atomic E-state index is 0.00113. The Morgan fingerprint density at radius 3 is 2.88 bits per heavy atom. The van der Waals surface area contributed by atoms with Gasteiger partial charge in [0.05, 0.1) is 24.2 Å². The molecule has 1 saturated heterocycles. The molecule has 0 radical (unpaired) electrons. The van der Waals surface area contributed by atoms with Crippen LogP contribution in [0.3, 0.4) is 0 Å². The molecule has 0 aliphatic carbocycles. The van der Waals surface area contributed by atoms with Crippen LogP contribution in [0.25, 0.3) is 0 Å². The van der Waals surface area contributed by atoms with E-state index in [9.17, 15) is 4.79 Å². The largest absolute Gasteiger partial charge is 0.481 e. The lowest BCUT2D eigenvalue weighted by Gasteiger charge is -2.37. The average Bonchev–Trinajstić information content (AvgIpc) is 3.15. The lowest BCUT2D eigenvalue weighted by molar-refractivity contribution is -0.142. The van der Waals surface area contributed by atoms with Crippen LogP contribution in [-0.4, -0.2) is 39.3 Å². The second kappa shape index (κ2) is 7.84. The average molecular weight is 338 g/mol. The van der Waals surface area contributed by atoms with E-state index in [2.05, 4.69) is 11.2 Å². The standard InChI is InChI=1S/C19H22N4O2/c1-15(25-18-8-6-16(13-20)7-9-18)19(24)23-12-3-2-5-17(23)14-22-11-4-10-21-22/h4,6-11,15,17H,2-3,5,12,14H2,1H3/t15-,17-/m0/s1. The Morgan fingerprint density at radius 2 is 2.20 bits per heavy atom. The molecule has 1 aliphatic heterocycles. The molecular weight excluding hydrogens is 316 g/mol. The van der Waals surface area contributed by atoms with Crippen LogP contribution in [0.5, 0.6) is 5.75 Å². The molecule has 2 aromatic rings. The van der Waals surface area contributed by atoms with Gasteiger partial charge in [-0.05, 0) is 56.5 Å². The Morgan fingerprint density at radius 1 is 1.40 bits per heavy atom. The molecule has 1 aromatic heterocycles. The van der Waals surface area contributed by atoms with Crippen molar-refractivity contribution in [1.82, 2.24) is 14.7 Å². The highest BCUT2D eigenvalue weighted by Gasteiger charge is 2.30. The molecule has 1 fully saturated rings. The molecule has 2 heterocycles. The van der Waals surface area contributed by atoms with Crippen LogP contribution in [0.15, 0.2) is 42.7 Å². The summed E-state index contributed by atoms with van der Waals surface area (Å²) in [6.45, 7) is 3.24. The maximum atomic E-state index is 12.9. The molecule has 25 heavy (non-hydrogen) atoms. The minimum atomic E-state index is -0.564. The van der Waals surface area contributed by atoms with Crippen LogP contribution in [0.4, 0.5) is 0 Å². The van der Waals surface area contributed by atoms with Gasteiger partial charge in [0, 0.05) is 18.9 Å². The van der Waals surface area contributed by atoms with Gasteiger partial charge in [0.25, 0.3) is 5.91 Å². The van der Waals surface area contributed by atoms with Crippen LogP contribution in [0, 0.1) is 11.3 Å². The Kier molecular flexibility index (Phi) is 5.34. The molecule has 3 rings (SSSR count). The van der Waals surface area contributed by atoms with Crippen molar-refractivity contribution in [3.8, 4) is 11.8 Å². The zero-order valence-electron chi connectivity index (χ0n) is 14.3. The summed E-state index contributed by atoms with van der Waals surface area (Å²) in [6, 6.07) is 10.9. The zero-order chi connectivity index (χ0) is 17.6. The number of hydrogen-bond donors (Lipinski definition) is 0. The Labute approximate surface area is 147 Å². The molecule has 0 spiro atoms. The van der Waals surface area contributed by atoms with Gasteiger partial charge in [-0.1, -0.05) is 0 Å². The number of rotatable bonds is 5. The summed E-state index contributed by atoms with van der Waals surface area (Å²) < 4.78 is 7.67. The number of carbonyl (C=O) groups excluding carboxylic acids is 1. The number of nitriles is 1. The molecule has 6 nitrogen and oxygen atoms in total. The highest BCUT2D eigenvalue weighted by Crippen LogP contribution is 2.21. The van der Waals surface area contributed by atoms with E-state index in [1.54, 1.807) is 37.4 Å². The van der Waals surface area contributed by atoms with Gasteiger partial charge in [0.15, 0.2) is 6.10 Å². The number of ether oxygens (including phenoxy) is 1. The van der Waals surface area contributed by atoms with Crippen molar-refractivity contribution in [3.63, 3.8) is 0 Å². The van der Waals surface area contributed by atoms with Crippen molar-refractivity contribution >= 4 is 5.91 Å². The Bertz CT molecular complexity index is 734. The van der Waals surface area contributed by atoms with Crippen molar-refractivity contribution in [1.29, 1.82) is 5.26 Å². The van der Waals surface area contributed by atoms with Crippen LogP contribution in [0.1, 0.15) is 31.7 Å². The van der Waals surface area contributed by atoms with Gasteiger partial charge in [-0.2, -0.15) is 10.4 Å². The number of aromatic nitrogens is 2. The summed E-state index contributed by atoms with van der Waals surface area (Å²) in [5.74, 6) is 0.599. The van der Waals surface area contributed by atoms with Gasteiger partial charge in [0.2, 0.25) is 0 Å². The maximum Gasteiger partial charge on any atom is 0.263 e. The first-order valence-corrected chi connectivity index (χ1v) is 8.62. The fraction of sp³-hybridized carbons (Fsp3) is 0.421. The molecular formula is C19H22N4O2. The zero-order valence-corrected chi connectivity index (χ0v) is 14.3. The quantitative estimate of drug-likeness (QED) is 0.840. The molecule has 2 atom stereocenters. The topological polar surface area (TPSA) is 71.2 Å². The second-order valence-electron chi connectivity index (χ2n) is 6.31. The molecule has 0 N–H and O–H groups in total. The van der Waals surface area contributed by atoms with Crippen molar-refractivity contribution < 1.29 is 9.53 Å². The lowest BCUT2D eigenvalue weighted by Crippen LogP contribution is -2.50. The van der Waals surface area contributed by atoms with E-state index in [4.69, 9.17) is 10.00 Å². The molecule has 130 valence electrons. The van der Waals surface area contributed by atoms with E-state index in [-0.39, 0.29) is 11.9 Å². The summed E-state index contributed by atoms with van der Waals surface area (Å²) in [7, 11) is 0. The van der Waals surface area contributed by atoms with Crippen molar-refractivity contribution in [2.45, 2.75) is 44.9 Å². The first kappa shape index (κ1) is 17.0. The van der Waals surface area contributed by atoms with E-state index in [1.165, 1.54) is 0 Å². The minimum Gasteiger partial charge on any atom is -0.481 e. The lowest BCUT2D eigenvalue weighted by atomic mass is 10.0. The third kappa shape index (κ3) is 4.18. The molecule has 6 heteroatoms. The number of likely N-dealkylation sites (tertiary alicyclic amines) is 1. The van der Waals surface area contributed by atoms with Crippen LogP contribution in [-0.2, 0) is 11.3 Å². The predicted molar refractivity (Wildman–Crippen MR) is 92.8 cm³/mol. The van der Waals surface area contributed by atoms with E-state index in [1.807, 2.05) is 21.8 Å². The van der Waals surface area contributed by atoms with Gasteiger partial charge < -0.3 is 9.64 Å². The Hall–Kier alpha value is -2.81. The van der Waals surface area contributed by atoms with Gasteiger partial charge in [-0.15, -0.1) is 0 Å². The van der Waals surface area contributed by atoms with Crippen LogP contribution >= 0.6 is 0 Å². The number of carbonyl (C=O) groups is 1. The molecule has 1 aromatic carbocycles. The number of amides is 1. The first-order valence-electron chi connectivity index (χ1n) is 8.62. The smallest absolute Gasteiger partial charge is 0.263 e. The summed E-state index contributed by atoms with van der Waals surface area (Å²) in [5, 5.41) is 13.1. The van der Waals surface area contributed by atoms with E-state index >= 15 is 0 Å². The number of piperidine rings is 1. The Balaban J connectivity index is 1.65. The fourth-order valence-corrected chi connectivity index (χ4v) is 3.20. The monoisotopic (exact) mass is 338 g/mol. The van der Waals surface area contributed by atoms with E-state index in [0.29, 0.717) is 17.9 Å². The van der Waals surface area contributed by atoms with E-state index < -0.39 is 6.10 Å². The summed E-state index contributed by atoms with van der Waals surface area (Å²) in [5.41, 5.74) is 0.571. The number of hydrogen-bond acceptors (Lipinski definition) is 4. The second-order valence-corrected chi connectivity index (χ2v) is 6.31. The van der Waals surface area contributed by atoms with Crippen molar-refractivity contribution in [2.24, 2.45) is 0 Å². The molecule has 1 amide bonds. The number of nitrogens with zero attached hydrogens (tertiary/aromatic N) is 4. The molecule has 0 saturated carbocycles.